The van der Waals surface area contributed by atoms with Crippen molar-refractivity contribution in [1.29, 1.82) is 0 Å². The van der Waals surface area contributed by atoms with Gasteiger partial charge in [-0.25, -0.2) is 8.78 Å². The number of aliphatic carboxylic acids is 1. The minimum atomic E-state index is -4.78. The van der Waals surface area contributed by atoms with Crippen LogP contribution in [0.15, 0.2) is 18.2 Å². The molecule has 0 unspecified atom stereocenters. The van der Waals surface area contributed by atoms with Crippen LogP contribution in [-0.4, -0.2) is 41.1 Å². The summed E-state index contributed by atoms with van der Waals surface area (Å²) in [6.07, 6.45) is -4.07. The number of amides is 1. The summed E-state index contributed by atoms with van der Waals surface area (Å²) in [6, 6.07) is 3.13. The number of halogens is 5. The molecule has 3 rings (SSSR count). The Morgan fingerprint density at radius 2 is 1.69 bits per heavy atom. The molecule has 4 nitrogen and oxygen atoms in total. The van der Waals surface area contributed by atoms with Crippen molar-refractivity contribution in [1.82, 2.24) is 4.90 Å². The summed E-state index contributed by atoms with van der Waals surface area (Å²) >= 11 is 0. The molecule has 0 radical (unpaired) electrons. The van der Waals surface area contributed by atoms with Crippen LogP contribution in [0.5, 0.6) is 0 Å². The molecule has 1 amide bonds. The topological polar surface area (TPSA) is 57.6 Å². The van der Waals surface area contributed by atoms with Gasteiger partial charge in [-0.1, -0.05) is 12.5 Å². The van der Waals surface area contributed by atoms with E-state index in [4.69, 9.17) is 5.11 Å². The molecule has 1 aliphatic heterocycles. The first kappa shape index (κ1) is 18.6. The summed E-state index contributed by atoms with van der Waals surface area (Å²) < 4.78 is 67.8. The van der Waals surface area contributed by atoms with Crippen LogP contribution in [0.2, 0.25) is 0 Å². The van der Waals surface area contributed by atoms with E-state index in [9.17, 15) is 31.5 Å². The van der Waals surface area contributed by atoms with Crippen LogP contribution in [-0.2, 0) is 15.0 Å². The molecule has 26 heavy (non-hydrogen) atoms. The Balaban J connectivity index is 1.94. The smallest absolute Gasteiger partial charge is 0.394 e. The van der Waals surface area contributed by atoms with Crippen molar-refractivity contribution in [2.24, 2.45) is 11.8 Å². The Labute approximate surface area is 145 Å². The number of rotatable bonds is 3. The highest BCUT2D eigenvalue weighted by atomic mass is 19.4. The predicted octanol–water partition coefficient (Wildman–Crippen LogP) is 3.11. The average molecular weight is 377 g/mol. The Hall–Kier alpha value is -2.19. The summed E-state index contributed by atoms with van der Waals surface area (Å²) in [5, 5.41) is 9.07. The second-order valence-electron chi connectivity index (χ2n) is 6.84. The van der Waals surface area contributed by atoms with Gasteiger partial charge in [-0.15, -0.1) is 0 Å². The SMILES string of the molecule is O=C(O)[C@@H]1CN(C(=O)C2(c3c(F)cccc3F)CCC2)C[C@H]1C(F)(F)F. The van der Waals surface area contributed by atoms with Crippen LogP contribution in [0.1, 0.15) is 24.8 Å². The number of benzene rings is 1. The summed E-state index contributed by atoms with van der Waals surface area (Å²) in [5.41, 5.74) is -2.02. The lowest BCUT2D eigenvalue weighted by atomic mass is 9.63. The molecule has 0 spiro atoms. The van der Waals surface area contributed by atoms with Crippen LogP contribution < -0.4 is 0 Å². The van der Waals surface area contributed by atoms with Gasteiger partial charge in [0, 0.05) is 18.7 Å². The lowest BCUT2D eigenvalue weighted by Crippen LogP contribution is -2.51. The fourth-order valence-corrected chi connectivity index (χ4v) is 3.91. The van der Waals surface area contributed by atoms with E-state index < -0.39 is 65.6 Å². The van der Waals surface area contributed by atoms with Gasteiger partial charge in [-0.2, -0.15) is 13.2 Å². The molecule has 1 aliphatic carbocycles. The lowest BCUT2D eigenvalue weighted by Gasteiger charge is -2.43. The first-order valence-corrected chi connectivity index (χ1v) is 8.11. The molecule has 142 valence electrons. The lowest BCUT2D eigenvalue weighted by molar-refractivity contribution is -0.188. The maximum Gasteiger partial charge on any atom is 0.394 e. The minimum absolute atomic E-state index is 0.106. The summed E-state index contributed by atoms with van der Waals surface area (Å²) in [4.78, 5) is 24.9. The van der Waals surface area contributed by atoms with Crippen molar-refractivity contribution in [2.45, 2.75) is 30.9 Å². The zero-order valence-corrected chi connectivity index (χ0v) is 13.5. The van der Waals surface area contributed by atoms with Gasteiger partial charge in [0.25, 0.3) is 0 Å². The summed E-state index contributed by atoms with van der Waals surface area (Å²) in [7, 11) is 0. The number of hydrogen-bond acceptors (Lipinski definition) is 2. The van der Waals surface area contributed by atoms with Crippen molar-refractivity contribution in [2.75, 3.05) is 13.1 Å². The van der Waals surface area contributed by atoms with Gasteiger partial charge in [0.05, 0.1) is 17.3 Å². The number of likely N-dealkylation sites (tertiary alicyclic amines) is 1. The maximum absolute atomic E-state index is 14.2. The highest BCUT2D eigenvalue weighted by Gasteiger charge is 2.57. The molecule has 2 atom stereocenters. The highest BCUT2D eigenvalue weighted by molar-refractivity contribution is 5.90. The molecule has 2 fully saturated rings. The van der Waals surface area contributed by atoms with Gasteiger partial charge < -0.3 is 10.0 Å². The van der Waals surface area contributed by atoms with Gasteiger partial charge in [-0.3, -0.25) is 9.59 Å². The van der Waals surface area contributed by atoms with Crippen molar-refractivity contribution in [3.8, 4) is 0 Å². The largest absolute Gasteiger partial charge is 0.481 e. The predicted molar refractivity (Wildman–Crippen MR) is 79.1 cm³/mol. The molecule has 0 bridgehead atoms. The summed E-state index contributed by atoms with van der Waals surface area (Å²) in [5.74, 6) is -8.35. The number of alkyl halides is 3. The molecule has 1 aromatic carbocycles. The van der Waals surface area contributed by atoms with E-state index in [1.54, 1.807) is 0 Å². The van der Waals surface area contributed by atoms with Crippen LogP contribution in [0.25, 0.3) is 0 Å². The van der Waals surface area contributed by atoms with E-state index in [0.29, 0.717) is 6.42 Å². The Kier molecular flexibility index (Phi) is 4.44. The third kappa shape index (κ3) is 2.83. The first-order valence-electron chi connectivity index (χ1n) is 8.11. The van der Waals surface area contributed by atoms with Crippen molar-refractivity contribution >= 4 is 11.9 Å². The molecule has 0 aromatic heterocycles. The number of carboxylic acid groups (broad SMARTS) is 1. The minimum Gasteiger partial charge on any atom is -0.481 e. The van der Waals surface area contributed by atoms with E-state index in [-0.39, 0.29) is 12.8 Å². The second kappa shape index (κ2) is 6.21. The standard InChI is InChI=1S/C17H16F5NO3/c18-11-3-1-4-12(19)13(11)16(5-2-6-16)15(26)23-7-9(14(24)25)10(8-23)17(20,21)22/h1,3-4,9-10H,2,5-8H2,(H,24,25)/t9-,10-/m1/s1. The molecule has 2 aliphatic rings. The number of carbonyl (C=O) groups is 2. The van der Waals surface area contributed by atoms with E-state index >= 15 is 0 Å². The van der Waals surface area contributed by atoms with E-state index in [0.717, 1.165) is 23.1 Å². The maximum atomic E-state index is 14.2. The highest BCUT2D eigenvalue weighted by Crippen LogP contribution is 2.49. The van der Waals surface area contributed by atoms with Crippen LogP contribution >= 0.6 is 0 Å². The van der Waals surface area contributed by atoms with Gasteiger partial charge in [0.15, 0.2) is 0 Å². The molecule has 1 saturated carbocycles. The molecule has 1 N–H and O–H groups in total. The second-order valence-corrected chi connectivity index (χ2v) is 6.84. The number of hydrogen-bond donors (Lipinski definition) is 1. The van der Waals surface area contributed by atoms with Crippen LogP contribution in [0.3, 0.4) is 0 Å². The van der Waals surface area contributed by atoms with Crippen molar-refractivity contribution < 1.29 is 36.6 Å². The Morgan fingerprint density at radius 1 is 1.12 bits per heavy atom. The fourth-order valence-electron chi connectivity index (χ4n) is 3.91. The number of carbonyl (C=O) groups excluding carboxylic acids is 1. The van der Waals surface area contributed by atoms with Crippen LogP contribution in [0.4, 0.5) is 22.0 Å². The molecular weight excluding hydrogens is 361 g/mol. The first-order chi connectivity index (χ1) is 12.1. The van der Waals surface area contributed by atoms with Crippen molar-refractivity contribution in [3.63, 3.8) is 0 Å². The Bertz CT molecular complexity index is 724. The van der Waals surface area contributed by atoms with Crippen LogP contribution in [0, 0.1) is 23.5 Å². The fraction of sp³-hybridized carbons (Fsp3) is 0.529. The van der Waals surface area contributed by atoms with Gasteiger partial charge >= 0.3 is 12.1 Å². The normalized spacial score (nSPS) is 25.0. The molecular formula is C17H16F5NO3. The van der Waals surface area contributed by atoms with Crippen molar-refractivity contribution in [3.05, 3.63) is 35.4 Å². The monoisotopic (exact) mass is 377 g/mol. The molecule has 1 aromatic rings. The van der Waals surface area contributed by atoms with Gasteiger partial charge in [-0.05, 0) is 25.0 Å². The number of nitrogens with zero attached hydrogens (tertiary/aromatic N) is 1. The third-order valence-electron chi connectivity index (χ3n) is 5.40. The molecule has 1 saturated heterocycles. The zero-order valence-electron chi connectivity index (χ0n) is 13.5. The average Bonchev–Trinajstić information content (AvgIpc) is 2.94. The van der Waals surface area contributed by atoms with E-state index in [1.165, 1.54) is 0 Å². The van der Waals surface area contributed by atoms with Gasteiger partial charge in [0.2, 0.25) is 5.91 Å². The van der Waals surface area contributed by atoms with E-state index in [2.05, 4.69) is 0 Å². The zero-order chi connectivity index (χ0) is 19.3. The van der Waals surface area contributed by atoms with Gasteiger partial charge in [0.1, 0.15) is 11.6 Å². The summed E-state index contributed by atoms with van der Waals surface area (Å²) in [6.45, 7) is -1.45. The quantitative estimate of drug-likeness (QED) is 0.824. The number of carboxylic acids is 1. The Morgan fingerprint density at radius 3 is 2.08 bits per heavy atom. The third-order valence-corrected chi connectivity index (χ3v) is 5.40. The molecule has 9 heteroatoms. The van der Waals surface area contributed by atoms with E-state index in [1.807, 2.05) is 0 Å². The molecule has 1 heterocycles.